The molecule has 6 heteroatoms. The molecule has 0 aliphatic rings. The highest BCUT2D eigenvalue weighted by molar-refractivity contribution is 9.10. The summed E-state index contributed by atoms with van der Waals surface area (Å²) in [4.78, 5) is 10.2. The largest absolute Gasteiger partial charge is 0.506 e. The van der Waals surface area contributed by atoms with E-state index in [2.05, 4.69) is 22.5 Å². The first kappa shape index (κ1) is 13.7. The van der Waals surface area contributed by atoms with Crippen LogP contribution in [0.3, 0.4) is 0 Å². The molecule has 0 spiro atoms. The molecule has 0 bridgehead atoms. The molecule has 1 aromatic rings. The normalized spacial score (nSPS) is 12.2. The van der Waals surface area contributed by atoms with Crippen LogP contribution in [0, 0.1) is 10.1 Å². The van der Waals surface area contributed by atoms with Gasteiger partial charge in [-0.05, 0) is 29.3 Å². The molecule has 0 aromatic heterocycles. The lowest BCUT2D eigenvalue weighted by molar-refractivity contribution is -0.385. The topological polar surface area (TPSA) is 89.4 Å². The highest BCUT2D eigenvalue weighted by Crippen LogP contribution is 2.36. The highest BCUT2D eigenvalue weighted by Gasteiger charge is 2.19. The van der Waals surface area contributed by atoms with E-state index < -0.39 is 11.0 Å². The fraction of sp³-hybridized carbons (Fsp3) is 0.273. The SMILES string of the molecule is C=C(C)C[C@H](N)c1cc([N+](=O)[O-])cc(Br)c1O. The molecule has 3 N–H and O–H groups in total. The van der Waals surface area contributed by atoms with E-state index in [1.165, 1.54) is 12.1 Å². The second-order valence-corrected chi connectivity index (χ2v) is 4.74. The Hall–Kier alpha value is -1.40. The Morgan fingerprint density at radius 2 is 2.29 bits per heavy atom. The van der Waals surface area contributed by atoms with Crippen molar-refractivity contribution in [2.24, 2.45) is 5.73 Å². The molecular weight excluding hydrogens is 288 g/mol. The van der Waals surface area contributed by atoms with Gasteiger partial charge in [-0.25, -0.2) is 0 Å². The number of hydrogen-bond donors (Lipinski definition) is 2. The summed E-state index contributed by atoms with van der Waals surface area (Å²) < 4.78 is 0.263. The molecule has 92 valence electrons. The predicted octanol–water partition coefficient (Wildman–Crippen LogP) is 3.03. The van der Waals surface area contributed by atoms with E-state index in [0.29, 0.717) is 12.0 Å². The zero-order chi connectivity index (χ0) is 13.2. The number of phenolic OH excluding ortho intramolecular Hbond substituents is 1. The maximum atomic E-state index is 10.7. The van der Waals surface area contributed by atoms with Crippen molar-refractivity contribution in [1.82, 2.24) is 0 Å². The Kier molecular flexibility index (Phi) is 4.25. The van der Waals surface area contributed by atoms with Gasteiger partial charge in [0.2, 0.25) is 0 Å². The smallest absolute Gasteiger partial charge is 0.271 e. The number of nitro benzene ring substituents is 1. The number of benzene rings is 1. The minimum absolute atomic E-state index is 0.0654. The molecule has 0 saturated carbocycles. The zero-order valence-corrected chi connectivity index (χ0v) is 10.9. The molecule has 17 heavy (non-hydrogen) atoms. The van der Waals surface area contributed by atoms with Gasteiger partial charge in [0.25, 0.3) is 5.69 Å². The number of nitrogens with zero attached hydrogens (tertiary/aromatic N) is 1. The number of nitrogens with two attached hydrogens (primary N) is 1. The molecule has 5 nitrogen and oxygen atoms in total. The van der Waals surface area contributed by atoms with Crippen molar-refractivity contribution >= 4 is 21.6 Å². The van der Waals surface area contributed by atoms with Crippen LogP contribution in [0.15, 0.2) is 28.8 Å². The molecule has 0 fully saturated rings. The van der Waals surface area contributed by atoms with E-state index in [0.717, 1.165) is 5.57 Å². The Bertz CT molecular complexity index is 474. The molecule has 1 rings (SSSR count). The van der Waals surface area contributed by atoms with Crippen molar-refractivity contribution in [2.45, 2.75) is 19.4 Å². The van der Waals surface area contributed by atoms with Gasteiger partial charge >= 0.3 is 0 Å². The Morgan fingerprint density at radius 3 is 2.76 bits per heavy atom. The minimum atomic E-state index is -0.527. The van der Waals surface area contributed by atoms with Crippen LogP contribution in [0.2, 0.25) is 0 Å². The summed E-state index contributed by atoms with van der Waals surface area (Å²) in [5.74, 6) is -0.0654. The van der Waals surface area contributed by atoms with Gasteiger partial charge in [-0.2, -0.15) is 0 Å². The van der Waals surface area contributed by atoms with Gasteiger partial charge in [0.15, 0.2) is 0 Å². The first-order valence-corrected chi connectivity index (χ1v) is 5.69. The summed E-state index contributed by atoms with van der Waals surface area (Å²) in [6, 6.07) is 2.02. The van der Waals surface area contributed by atoms with E-state index in [1.807, 2.05) is 6.92 Å². The first-order chi connectivity index (χ1) is 7.82. The summed E-state index contributed by atoms with van der Waals surface area (Å²) in [5, 5.41) is 20.5. The predicted molar refractivity (Wildman–Crippen MR) is 68.8 cm³/mol. The van der Waals surface area contributed by atoms with Crippen LogP contribution in [0.25, 0.3) is 0 Å². The van der Waals surface area contributed by atoms with Crippen molar-refractivity contribution in [2.75, 3.05) is 0 Å². The fourth-order valence-corrected chi connectivity index (χ4v) is 1.94. The maximum absolute atomic E-state index is 10.7. The van der Waals surface area contributed by atoms with Crippen LogP contribution >= 0.6 is 15.9 Å². The number of hydrogen-bond acceptors (Lipinski definition) is 4. The molecular formula is C11H13BrN2O3. The average Bonchev–Trinajstić information content (AvgIpc) is 2.20. The van der Waals surface area contributed by atoms with Gasteiger partial charge in [0, 0.05) is 23.7 Å². The minimum Gasteiger partial charge on any atom is -0.506 e. The summed E-state index contributed by atoms with van der Waals surface area (Å²) in [6.07, 6.45) is 0.459. The van der Waals surface area contributed by atoms with Gasteiger partial charge in [-0.3, -0.25) is 10.1 Å². The third-order valence-electron chi connectivity index (χ3n) is 2.26. The second kappa shape index (κ2) is 5.29. The second-order valence-electron chi connectivity index (χ2n) is 3.89. The molecule has 1 aromatic carbocycles. The Labute approximate surface area is 107 Å². The molecule has 0 aliphatic carbocycles. The van der Waals surface area contributed by atoms with Gasteiger partial charge in [0.05, 0.1) is 9.40 Å². The van der Waals surface area contributed by atoms with Gasteiger partial charge in [-0.1, -0.05) is 5.57 Å². The molecule has 0 unspecified atom stereocenters. The quantitative estimate of drug-likeness (QED) is 0.508. The van der Waals surface area contributed by atoms with E-state index in [1.54, 1.807) is 0 Å². The van der Waals surface area contributed by atoms with Crippen molar-refractivity contribution < 1.29 is 10.0 Å². The van der Waals surface area contributed by atoms with Crippen molar-refractivity contribution in [3.05, 3.63) is 44.4 Å². The monoisotopic (exact) mass is 300 g/mol. The number of phenols is 1. The fourth-order valence-electron chi connectivity index (χ4n) is 1.48. The van der Waals surface area contributed by atoms with Crippen LogP contribution in [-0.2, 0) is 0 Å². The zero-order valence-electron chi connectivity index (χ0n) is 9.31. The molecule has 0 radical (unpaired) electrons. The van der Waals surface area contributed by atoms with Crippen molar-refractivity contribution in [3.63, 3.8) is 0 Å². The third kappa shape index (κ3) is 3.28. The van der Waals surface area contributed by atoms with E-state index in [4.69, 9.17) is 5.73 Å². The van der Waals surface area contributed by atoms with Crippen LogP contribution in [0.5, 0.6) is 5.75 Å². The number of aromatic hydroxyl groups is 1. The summed E-state index contributed by atoms with van der Waals surface area (Å²) in [7, 11) is 0. The average molecular weight is 301 g/mol. The number of halogens is 1. The van der Waals surface area contributed by atoms with Gasteiger partial charge in [-0.15, -0.1) is 6.58 Å². The molecule has 0 heterocycles. The maximum Gasteiger partial charge on any atom is 0.271 e. The number of rotatable bonds is 4. The summed E-state index contributed by atoms with van der Waals surface area (Å²) in [6.45, 7) is 5.53. The van der Waals surface area contributed by atoms with Crippen molar-refractivity contribution in [3.8, 4) is 5.75 Å². The molecule has 0 saturated heterocycles. The van der Waals surface area contributed by atoms with Gasteiger partial charge < -0.3 is 10.8 Å². The highest BCUT2D eigenvalue weighted by atomic mass is 79.9. The molecule has 1 atom stereocenters. The van der Waals surface area contributed by atoms with Crippen LogP contribution in [0.4, 0.5) is 5.69 Å². The lowest BCUT2D eigenvalue weighted by Crippen LogP contribution is -2.11. The van der Waals surface area contributed by atoms with Crippen LogP contribution < -0.4 is 5.73 Å². The molecule has 0 amide bonds. The van der Waals surface area contributed by atoms with Crippen molar-refractivity contribution in [1.29, 1.82) is 0 Å². The third-order valence-corrected chi connectivity index (χ3v) is 2.86. The summed E-state index contributed by atoms with van der Waals surface area (Å²) >= 11 is 3.07. The lowest BCUT2D eigenvalue weighted by atomic mass is 10.00. The van der Waals surface area contributed by atoms with E-state index in [-0.39, 0.29) is 15.9 Å². The van der Waals surface area contributed by atoms with E-state index in [9.17, 15) is 15.2 Å². The summed E-state index contributed by atoms with van der Waals surface area (Å²) in [5.41, 5.74) is 6.95. The van der Waals surface area contributed by atoms with Crippen LogP contribution in [0.1, 0.15) is 24.9 Å². The standard InChI is InChI=1S/C11H13BrN2O3/c1-6(2)3-10(13)8-4-7(14(16)17)5-9(12)11(8)15/h4-5,10,15H,1,3,13H2,2H3/t10-/m0/s1. The molecule has 0 aliphatic heterocycles. The first-order valence-electron chi connectivity index (χ1n) is 4.89. The lowest BCUT2D eigenvalue weighted by Gasteiger charge is -2.14. The number of non-ortho nitro benzene ring substituents is 1. The Morgan fingerprint density at radius 1 is 1.71 bits per heavy atom. The van der Waals surface area contributed by atoms with E-state index >= 15 is 0 Å². The Balaban J connectivity index is 3.22. The van der Waals surface area contributed by atoms with Crippen LogP contribution in [-0.4, -0.2) is 10.0 Å². The number of nitro groups is 1. The van der Waals surface area contributed by atoms with Gasteiger partial charge in [0.1, 0.15) is 5.75 Å².